The number of nitrogens with one attached hydrogen (secondary N) is 2. The number of amides is 1. The third-order valence-electron chi connectivity index (χ3n) is 5.80. The van der Waals surface area contributed by atoms with Crippen LogP contribution in [0.15, 0.2) is 59.8 Å². The van der Waals surface area contributed by atoms with E-state index >= 15 is 0 Å². The number of piperidine rings is 1. The lowest BCUT2D eigenvalue weighted by molar-refractivity contribution is 0.0705. The van der Waals surface area contributed by atoms with Crippen LogP contribution >= 0.6 is 0 Å². The van der Waals surface area contributed by atoms with Crippen molar-refractivity contribution >= 4 is 32.7 Å². The molecule has 2 fully saturated rings. The van der Waals surface area contributed by atoms with Gasteiger partial charge in [0.25, 0.3) is 5.91 Å². The molecule has 0 radical (unpaired) electrons. The number of nitrogens with zero attached hydrogens (tertiary/aromatic N) is 3. The third kappa shape index (κ3) is 3.28. The van der Waals surface area contributed by atoms with Crippen molar-refractivity contribution < 1.29 is 18.4 Å². The van der Waals surface area contributed by atoms with E-state index in [-0.39, 0.29) is 28.3 Å². The molecule has 1 aliphatic heterocycles. The lowest BCUT2D eigenvalue weighted by Gasteiger charge is -2.20. The zero-order valence-corrected chi connectivity index (χ0v) is 16.6. The van der Waals surface area contributed by atoms with Gasteiger partial charge in [0, 0.05) is 31.5 Å². The van der Waals surface area contributed by atoms with E-state index in [2.05, 4.69) is 14.7 Å². The predicted molar refractivity (Wildman–Crippen MR) is 109 cm³/mol. The van der Waals surface area contributed by atoms with Gasteiger partial charge in [0.15, 0.2) is 0 Å². The molecule has 1 aromatic heterocycles. The van der Waals surface area contributed by atoms with E-state index < -0.39 is 15.9 Å². The highest BCUT2D eigenvalue weighted by molar-refractivity contribution is 7.89. The number of anilines is 1. The SMILES string of the molecule is O=C(NO)c1cnc(N2CC3C(C2)C3NS(=O)(=O)c2ccc3ccccc3c2)nc1. The molecule has 9 nitrogen and oxygen atoms in total. The molecule has 30 heavy (non-hydrogen) atoms. The molecule has 1 saturated heterocycles. The van der Waals surface area contributed by atoms with Crippen molar-refractivity contribution in [1.82, 2.24) is 20.2 Å². The lowest BCUT2D eigenvalue weighted by Crippen LogP contribution is -2.35. The molecule has 1 amide bonds. The number of carbonyl (C=O) groups excluding carboxylic acids is 1. The Bertz CT molecular complexity index is 1220. The van der Waals surface area contributed by atoms with Crippen molar-refractivity contribution in [3.63, 3.8) is 0 Å². The number of hydroxylamine groups is 1. The van der Waals surface area contributed by atoms with Crippen molar-refractivity contribution in [3.05, 3.63) is 60.4 Å². The summed E-state index contributed by atoms with van der Waals surface area (Å²) in [4.78, 5) is 21.9. The van der Waals surface area contributed by atoms with Gasteiger partial charge < -0.3 is 4.90 Å². The first-order valence-electron chi connectivity index (χ1n) is 9.49. The molecule has 0 bridgehead atoms. The quantitative estimate of drug-likeness (QED) is 0.414. The Labute approximate surface area is 172 Å². The zero-order valence-electron chi connectivity index (χ0n) is 15.8. The number of hydrogen-bond donors (Lipinski definition) is 3. The van der Waals surface area contributed by atoms with Gasteiger partial charge in [-0.1, -0.05) is 30.3 Å². The number of aromatic nitrogens is 2. The fraction of sp³-hybridized carbons (Fsp3) is 0.250. The zero-order chi connectivity index (χ0) is 20.9. The maximum Gasteiger partial charge on any atom is 0.277 e. The normalized spacial score (nSPS) is 22.7. The van der Waals surface area contributed by atoms with Crippen LogP contribution in [0.5, 0.6) is 0 Å². The van der Waals surface area contributed by atoms with Crippen LogP contribution in [0.4, 0.5) is 5.95 Å². The van der Waals surface area contributed by atoms with Crippen LogP contribution < -0.4 is 15.1 Å². The number of rotatable bonds is 5. The summed E-state index contributed by atoms with van der Waals surface area (Å²) in [7, 11) is -3.60. The van der Waals surface area contributed by atoms with Gasteiger partial charge in [-0.25, -0.2) is 28.6 Å². The first-order valence-corrected chi connectivity index (χ1v) is 11.0. The molecule has 2 aliphatic rings. The summed E-state index contributed by atoms with van der Waals surface area (Å²) in [5, 5.41) is 10.5. The summed E-state index contributed by atoms with van der Waals surface area (Å²) in [6.45, 7) is 1.28. The second-order valence-electron chi connectivity index (χ2n) is 7.60. The maximum atomic E-state index is 12.8. The standard InChI is InChI=1S/C20H19N5O4S/c26-19(23-27)14-8-21-20(22-9-14)25-10-16-17(11-25)18(16)24-30(28,29)15-6-5-12-3-1-2-4-13(12)7-15/h1-9,16-18,24,27H,10-11H2,(H,23,26). The first kappa shape index (κ1) is 18.9. The van der Waals surface area contributed by atoms with Gasteiger partial charge in [0.2, 0.25) is 16.0 Å². The Hall–Kier alpha value is -3.08. The largest absolute Gasteiger partial charge is 0.340 e. The first-order chi connectivity index (χ1) is 14.5. The van der Waals surface area contributed by atoms with Crippen LogP contribution in [0, 0.1) is 11.8 Å². The topological polar surface area (TPSA) is 125 Å². The number of fused-ring (bicyclic) bond motifs is 2. The molecule has 10 heteroatoms. The number of hydrogen-bond acceptors (Lipinski definition) is 7. The molecule has 3 N–H and O–H groups in total. The van der Waals surface area contributed by atoms with Gasteiger partial charge in [-0.2, -0.15) is 0 Å². The summed E-state index contributed by atoms with van der Waals surface area (Å²) in [6, 6.07) is 12.7. The highest BCUT2D eigenvalue weighted by Crippen LogP contribution is 2.46. The number of sulfonamides is 1. The second kappa shape index (κ2) is 7.01. The Kier molecular flexibility index (Phi) is 4.42. The van der Waals surface area contributed by atoms with E-state index in [4.69, 9.17) is 5.21 Å². The summed E-state index contributed by atoms with van der Waals surface area (Å²) >= 11 is 0. The van der Waals surface area contributed by atoms with Gasteiger partial charge in [0.1, 0.15) is 0 Å². The molecular weight excluding hydrogens is 406 g/mol. The minimum atomic E-state index is -3.60. The summed E-state index contributed by atoms with van der Waals surface area (Å²) in [6.07, 6.45) is 2.69. The molecule has 0 spiro atoms. The van der Waals surface area contributed by atoms with Crippen LogP contribution in [-0.4, -0.2) is 48.6 Å². The van der Waals surface area contributed by atoms with Crippen LogP contribution in [-0.2, 0) is 10.0 Å². The second-order valence-corrected chi connectivity index (χ2v) is 9.32. The molecule has 1 saturated carbocycles. The van der Waals surface area contributed by atoms with E-state index in [0.717, 1.165) is 10.8 Å². The summed E-state index contributed by atoms with van der Waals surface area (Å²) in [5.41, 5.74) is 1.70. The van der Waals surface area contributed by atoms with E-state index in [1.165, 1.54) is 17.9 Å². The van der Waals surface area contributed by atoms with Crippen LogP contribution in [0.1, 0.15) is 10.4 Å². The van der Waals surface area contributed by atoms with Crippen LogP contribution in [0.2, 0.25) is 0 Å². The molecule has 1 aliphatic carbocycles. The van der Waals surface area contributed by atoms with E-state index in [0.29, 0.717) is 19.0 Å². The number of benzene rings is 2. The molecule has 2 aromatic carbocycles. The third-order valence-corrected chi connectivity index (χ3v) is 7.26. The van der Waals surface area contributed by atoms with Gasteiger partial charge >= 0.3 is 0 Å². The Balaban J connectivity index is 1.24. The Morgan fingerprint density at radius 3 is 2.37 bits per heavy atom. The van der Waals surface area contributed by atoms with Crippen molar-refractivity contribution in [2.75, 3.05) is 18.0 Å². The van der Waals surface area contributed by atoms with Gasteiger partial charge in [-0.3, -0.25) is 10.0 Å². The summed E-state index contributed by atoms with van der Waals surface area (Å²) in [5.74, 6) is 0.204. The van der Waals surface area contributed by atoms with E-state index in [1.54, 1.807) is 12.1 Å². The Morgan fingerprint density at radius 2 is 1.70 bits per heavy atom. The molecule has 2 unspecified atom stereocenters. The molecule has 154 valence electrons. The van der Waals surface area contributed by atoms with Gasteiger partial charge in [-0.05, 0) is 34.7 Å². The number of carbonyl (C=O) groups is 1. The summed E-state index contributed by atoms with van der Waals surface area (Å²) < 4.78 is 28.5. The van der Waals surface area contributed by atoms with Crippen LogP contribution in [0.25, 0.3) is 10.8 Å². The fourth-order valence-corrected chi connectivity index (χ4v) is 5.49. The molecule has 2 atom stereocenters. The fourth-order valence-electron chi connectivity index (χ4n) is 4.11. The monoisotopic (exact) mass is 425 g/mol. The Morgan fingerprint density at radius 1 is 1.03 bits per heavy atom. The van der Waals surface area contributed by atoms with E-state index in [1.807, 2.05) is 35.2 Å². The van der Waals surface area contributed by atoms with Crippen molar-refractivity contribution in [2.45, 2.75) is 10.9 Å². The molecule has 5 rings (SSSR count). The minimum absolute atomic E-state index is 0.0999. The average molecular weight is 425 g/mol. The molecule has 2 heterocycles. The van der Waals surface area contributed by atoms with Gasteiger partial charge in [-0.15, -0.1) is 0 Å². The highest BCUT2D eigenvalue weighted by Gasteiger charge is 2.57. The van der Waals surface area contributed by atoms with Crippen molar-refractivity contribution in [1.29, 1.82) is 0 Å². The maximum absolute atomic E-state index is 12.8. The molecular formula is C20H19N5O4S. The van der Waals surface area contributed by atoms with Crippen LogP contribution in [0.3, 0.4) is 0 Å². The van der Waals surface area contributed by atoms with Crippen molar-refractivity contribution in [3.8, 4) is 0 Å². The van der Waals surface area contributed by atoms with E-state index in [9.17, 15) is 13.2 Å². The van der Waals surface area contributed by atoms with Crippen molar-refractivity contribution in [2.24, 2.45) is 11.8 Å². The van der Waals surface area contributed by atoms with Gasteiger partial charge in [0.05, 0.1) is 10.5 Å². The predicted octanol–water partition coefficient (Wildman–Crippen LogP) is 1.16. The minimum Gasteiger partial charge on any atom is -0.340 e. The average Bonchev–Trinajstić information content (AvgIpc) is 3.19. The smallest absolute Gasteiger partial charge is 0.277 e. The highest BCUT2D eigenvalue weighted by atomic mass is 32.2. The lowest BCUT2D eigenvalue weighted by atomic mass is 10.1. The molecule has 3 aromatic rings.